The van der Waals surface area contributed by atoms with Gasteiger partial charge in [0, 0.05) is 0 Å². The summed E-state index contributed by atoms with van der Waals surface area (Å²) >= 11 is 6.96. The van der Waals surface area contributed by atoms with Crippen molar-refractivity contribution >= 4 is 46.2 Å². The van der Waals surface area contributed by atoms with Crippen molar-refractivity contribution in [2.45, 2.75) is 6.18 Å². The van der Waals surface area contributed by atoms with E-state index in [1.807, 2.05) is 30.3 Å². The third-order valence-corrected chi connectivity index (χ3v) is 4.47. The van der Waals surface area contributed by atoms with E-state index in [-0.39, 0.29) is 21.8 Å². The second-order valence-corrected chi connectivity index (χ2v) is 6.49. The maximum atomic E-state index is 12.8. The maximum Gasteiger partial charge on any atom is 0.416 e. The van der Waals surface area contributed by atoms with E-state index in [4.69, 9.17) is 11.6 Å². The van der Waals surface area contributed by atoms with Crippen LogP contribution in [0.15, 0.2) is 58.4 Å². The number of carbonyl (C=O) groups is 1. The number of nitrogens with one attached hydrogen (secondary N) is 1. The van der Waals surface area contributed by atoms with Gasteiger partial charge in [0.15, 0.2) is 5.17 Å². The minimum Gasteiger partial charge on any atom is -0.300 e. The summed E-state index contributed by atoms with van der Waals surface area (Å²) in [6.45, 7) is 0. The Kier molecular flexibility index (Phi) is 4.87. The molecule has 0 saturated carbocycles. The molecule has 0 atom stereocenters. The number of thioether (sulfide) groups is 1. The number of amides is 1. The zero-order chi connectivity index (χ0) is 18.0. The minimum absolute atomic E-state index is 0.0553. The van der Waals surface area contributed by atoms with E-state index >= 15 is 0 Å². The van der Waals surface area contributed by atoms with Gasteiger partial charge in [-0.2, -0.15) is 13.2 Å². The summed E-state index contributed by atoms with van der Waals surface area (Å²) in [6.07, 6.45) is -2.82. The molecule has 3 nitrogen and oxygen atoms in total. The lowest BCUT2D eigenvalue weighted by atomic mass is 10.2. The zero-order valence-electron chi connectivity index (χ0n) is 12.5. The van der Waals surface area contributed by atoms with Crippen molar-refractivity contribution < 1.29 is 18.0 Å². The van der Waals surface area contributed by atoms with Crippen LogP contribution >= 0.6 is 23.4 Å². The van der Waals surface area contributed by atoms with Crippen molar-refractivity contribution in [3.8, 4) is 0 Å². The van der Waals surface area contributed by atoms with Gasteiger partial charge in [0.2, 0.25) is 0 Å². The third-order valence-electron chi connectivity index (χ3n) is 3.24. The molecule has 2 aromatic rings. The molecule has 0 unspecified atom stereocenters. The van der Waals surface area contributed by atoms with Gasteiger partial charge in [0.25, 0.3) is 5.91 Å². The molecule has 3 rings (SSSR count). The van der Waals surface area contributed by atoms with Crippen LogP contribution in [0.4, 0.5) is 18.9 Å². The molecule has 1 saturated heterocycles. The van der Waals surface area contributed by atoms with Gasteiger partial charge in [0.05, 0.1) is 21.2 Å². The molecule has 8 heteroatoms. The minimum atomic E-state index is -4.50. The maximum absolute atomic E-state index is 12.8. The van der Waals surface area contributed by atoms with Crippen molar-refractivity contribution in [1.82, 2.24) is 5.32 Å². The first-order valence-electron chi connectivity index (χ1n) is 7.04. The molecular weight excluding hydrogens is 373 g/mol. The van der Waals surface area contributed by atoms with Crippen molar-refractivity contribution in [1.29, 1.82) is 0 Å². The Labute approximate surface area is 150 Å². The van der Waals surface area contributed by atoms with Crippen molar-refractivity contribution in [2.75, 3.05) is 0 Å². The predicted molar refractivity (Wildman–Crippen MR) is 93.7 cm³/mol. The Morgan fingerprint density at radius 1 is 1.12 bits per heavy atom. The van der Waals surface area contributed by atoms with Gasteiger partial charge >= 0.3 is 6.18 Å². The molecule has 0 spiro atoms. The fourth-order valence-corrected chi connectivity index (χ4v) is 3.06. The average molecular weight is 383 g/mol. The second kappa shape index (κ2) is 6.93. The van der Waals surface area contributed by atoms with Crippen LogP contribution in [-0.2, 0) is 11.0 Å². The number of hydrogen-bond acceptors (Lipinski definition) is 3. The highest BCUT2D eigenvalue weighted by atomic mass is 35.5. The quantitative estimate of drug-likeness (QED) is 0.721. The SMILES string of the molecule is O=C1NC(=Nc2cc(C(F)(F)F)ccc2Cl)S/C1=C\c1ccccc1. The number of carbonyl (C=O) groups excluding carboxylic acids is 1. The average Bonchev–Trinajstić information content (AvgIpc) is 2.89. The molecule has 0 bridgehead atoms. The van der Waals surface area contributed by atoms with Crippen LogP contribution in [0.3, 0.4) is 0 Å². The molecule has 2 aromatic carbocycles. The lowest BCUT2D eigenvalue weighted by Crippen LogP contribution is -2.19. The van der Waals surface area contributed by atoms with E-state index < -0.39 is 11.7 Å². The Morgan fingerprint density at radius 3 is 2.52 bits per heavy atom. The predicted octanol–water partition coefficient (Wildman–Crippen LogP) is 5.25. The fourth-order valence-electron chi connectivity index (χ4n) is 2.07. The highest BCUT2D eigenvalue weighted by molar-refractivity contribution is 8.18. The molecule has 25 heavy (non-hydrogen) atoms. The highest BCUT2D eigenvalue weighted by Gasteiger charge is 2.31. The van der Waals surface area contributed by atoms with E-state index in [2.05, 4.69) is 10.3 Å². The van der Waals surface area contributed by atoms with Crippen LogP contribution in [0, 0.1) is 0 Å². The summed E-state index contributed by atoms with van der Waals surface area (Å²) in [4.78, 5) is 16.4. The fraction of sp³-hybridized carbons (Fsp3) is 0.0588. The number of benzene rings is 2. The monoisotopic (exact) mass is 382 g/mol. The smallest absolute Gasteiger partial charge is 0.300 e. The van der Waals surface area contributed by atoms with Gasteiger partial charge in [-0.1, -0.05) is 41.9 Å². The summed E-state index contributed by atoms with van der Waals surface area (Å²) in [5.41, 5.74) is -0.0793. The van der Waals surface area contributed by atoms with E-state index in [0.29, 0.717) is 4.91 Å². The standard InChI is InChI=1S/C17H10ClF3N2OS/c18-12-7-6-11(17(19,20)21)9-13(12)22-16-23-15(24)14(25-16)8-10-4-2-1-3-5-10/h1-9H,(H,22,23,24)/b14-8-. The summed E-state index contributed by atoms with van der Waals surface area (Å²) < 4.78 is 38.4. The number of aliphatic imine (C=N–C) groups is 1. The van der Waals surface area contributed by atoms with Gasteiger partial charge in [-0.15, -0.1) is 0 Å². The Balaban J connectivity index is 1.89. The number of alkyl halides is 3. The third kappa shape index (κ3) is 4.24. The molecule has 0 radical (unpaired) electrons. The van der Waals surface area contributed by atoms with Crippen molar-refractivity contribution in [3.63, 3.8) is 0 Å². The number of halogens is 4. The number of nitrogens with zero attached hydrogens (tertiary/aromatic N) is 1. The normalized spacial score (nSPS) is 18.0. The van der Waals surface area contributed by atoms with Gasteiger partial charge < -0.3 is 5.32 Å². The van der Waals surface area contributed by atoms with Crippen LogP contribution in [-0.4, -0.2) is 11.1 Å². The molecule has 128 valence electrons. The van der Waals surface area contributed by atoms with Crippen LogP contribution in [0.1, 0.15) is 11.1 Å². The largest absolute Gasteiger partial charge is 0.416 e. The van der Waals surface area contributed by atoms with Crippen LogP contribution in [0.2, 0.25) is 5.02 Å². The Morgan fingerprint density at radius 2 is 1.84 bits per heavy atom. The topological polar surface area (TPSA) is 41.5 Å². The molecule has 1 fully saturated rings. The Hall–Kier alpha value is -2.25. The van der Waals surface area contributed by atoms with Gasteiger partial charge in [-0.05, 0) is 41.6 Å². The molecular formula is C17H10ClF3N2OS. The van der Waals surface area contributed by atoms with Gasteiger partial charge in [-0.3, -0.25) is 4.79 Å². The lowest BCUT2D eigenvalue weighted by Gasteiger charge is -2.08. The molecule has 1 aliphatic heterocycles. The molecule has 0 aromatic heterocycles. The summed E-state index contributed by atoms with van der Waals surface area (Å²) in [7, 11) is 0. The van der Waals surface area contributed by atoms with E-state index in [9.17, 15) is 18.0 Å². The first-order chi connectivity index (χ1) is 11.8. The van der Waals surface area contributed by atoms with E-state index in [1.54, 1.807) is 6.08 Å². The molecule has 1 aliphatic rings. The first-order valence-corrected chi connectivity index (χ1v) is 8.24. The van der Waals surface area contributed by atoms with E-state index in [1.165, 1.54) is 0 Å². The Bertz CT molecular complexity index is 879. The van der Waals surface area contributed by atoms with E-state index in [0.717, 1.165) is 35.5 Å². The highest BCUT2D eigenvalue weighted by Crippen LogP contribution is 2.36. The number of rotatable bonds is 2. The van der Waals surface area contributed by atoms with Crippen LogP contribution in [0.25, 0.3) is 6.08 Å². The molecule has 1 heterocycles. The van der Waals surface area contributed by atoms with Gasteiger partial charge in [0.1, 0.15) is 0 Å². The molecule has 1 N–H and O–H groups in total. The summed E-state index contributed by atoms with van der Waals surface area (Å²) in [6, 6.07) is 12.0. The first kappa shape index (κ1) is 17.6. The van der Waals surface area contributed by atoms with Crippen molar-refractivity contribution in [2.24, 2.45) is 4.99 Å². The van der Waals surface area contributed by atoms with Crippen molar-refractivity contribution in [3.05, 3.63) is 69.6 Å². The number of hydrogen-bond donors (Lipinski definition) is 1. The summed E-state index contributed by atoms with van der Waals surface area (Å²) in [5.74, 6) is -0.365. The lowest BCUT2D eigenvalue weighted by molar-refractivity contribution is -0.137. The second-order valence-electron chi connectivity index (χ2n) is 5.06. The summed E-state index contributed by atoms with van der Waals surface area (Å²) in [5, 5.41) is 2.76. The zero-order valence-corrected chi connectivity index (χ0v) is 14.0. The number of amidine groups is 1. The van der Waals surface area contributed by atoms with Crippen LogP contribution in [0.5, 0.6) is 0 Å². The molecule has 1 amide bonds. The molecule has 0 aliphatic carbocycles. The van der Waals surface area contributed by atoms with Gasteiger partial charge in [-0.25, -0.2) is 4.99 Å². The van der Waals surface area contributed by atoms with Crippen LogP contribution < -0.4 is 5.32 Å².